The lowest BCUT2D eigenvalue weighted by Crippen LogP contribution is -2.45. The molecule has 380 valence electrons. The molecule has 4 aromatic rings. The predicted molar refractivity (Wildman–Crippen MR) is 324 cm³/mol. The largest absolute Gasteiger partial charge is 0.371 e. The Morgan fingerprint density at radius 3 is 2.27 bits per heavy atom. The number of nitrogens with one attached hydrogen (secondary N) is 1. The molecular formula is C75H70N2. The second-order valence-corrected chi connectivity index (χ2v) is 22.5. The van der Waals surface area contributed by atoms with Crippen molar-refractivity contribution in [2.24, 2.45) is 22.7 Å². The molecule has 8 aliphatic carbocycles. The van der Waals surface area contributed by atoms with Gasteiger partial charge < -0.3 is 5.32 Å². The second kappa shape index (κ2) is 19.6. The lowest BCUT2D eigenvalue weighted by atomic mass is 9.50. The first-order valence-corrected chi connectivity index (χ1v) is 28.6. The zero-order chi connectivity index (χ0) is 52.4. The van der Waals surface area contributed by atoms with Gasteiger partial charge in [-0.1, -0.05) is 221 Å². The van der Waals surface area contributed by atoms with Gasteiger partial charge in [0.1, 0.15) is 0 Å². The Morgan fingerprint density at radius 1 is 0.766 bits per heavy atom. The number of aliphatic imine (C=N–C) groups is 1. The molecule has 2 spiro atoms. The van der Waals surface area contributed by atoms with E-state index in [0.29, 0.717) is 0 Å². The topological polar surface area (TPSA) is 24.4 Å². The van der Waals surface area contributed by atoms with Crippen LogP contribution in [0.25, 0.3) is 11.1 Å². The molecule has 2 heteroatoms. The fourth-order valence-electron chi connectivity index (χ4n) is 15.9. The number of nitrogens with zero attached hydrogens (tertiary/aromatic N) is 1. The summed E-state index contributed by atoms with van der Waals surface area (Å²) in [5.74, 6) is 0.817. The van der Waals surface area contributed by atoms with Gasteiger partial charge in [0.15, 0.2) is 0 Å². The lowest BCUT2D eigenvalue weighted by molar-refractivity contribution is 0.425. The number of hydrogen-bond donors (Lipinski definition) is 1. The summed E-state index contributed by atoms with van der Waals surface area (Å²) in [6.45, 7) is 20.8. The molecule has 0 saturated carbocycles. The Hall–Kier alpha value is -7.81. The van der Waals surface area contributed by atoms with Crippen LogP contribution in [0.4, 0.5) is 0 Å². The molecule has 13 rings (SSSR count). The van der Waals surface area contributed by atoms with Gasteiger partial charge in [0, 0.05) is 17.8 Å². The first-order chi connectivity index (χ1) is 37.9. The predicted octanol–water partition coefficient (Wildman–Crippen LogP) is 18.3. The Bertz CT molecular complexity index is 3660. The van der Waals surface area contributed by atoms with Crippen molar-refractivity contribution in [2.75, 3.05) is 0 Å². The van der Waals surface area contributed by atoms with E-state index in [2.05, 4.69) is 234 Å². The van der Waals surface area contributed by atoms with Gasteiger partial charge in [-0.25, -0.2) is 0 Å². The van der Waals surface area contributed by atoms with Gasteiger partial charge in [-0.15, -0.1) is 6.58 Å². The summed E-state index contributed by atoms with van der Waals surface area (Å²) in [6, 6.07) is 38.8. The maximum atomic E-state index is 5.62. The zero-order valence-corrected chi connectivity index (χ0v) is 45.2. The molecule has 0 aromatic heterocycles. The van der Waals surface area contributed by atoms with Gasteiger partial charge in [-0.2, -0.15) is 0 Å². The van der Waals surface area contributed by atoms with Gasteiger partial charge in [0.2, 0.25) is 0 Å². The number of allylic oxidation sites excluding steroid dienone is 27. The minimum Gasteiger partial charge on any atom is -0.371 e. The molecule has 7 unspecified atom stereocenters. The molecule has 7 atom stereocenters. The Morgan fingerprint density at radius 2 is 1.49 bits per heavy atom. The summed E-state index contributed by atoms with van der Waals surface area (Å²) in [6.07, 6.45) is 45.7. The van der Waals surface area contributed by atoms with Crippen LogP contribution < -0.4 is 5.32 Å². The molecule has 9 aliphatic rings. The molecule has 0 fully saturated rings. The van der Waals surface area contributed by atoms with E-state index < -0.39 is 10.8 Å². The number of rotatable bonds is 11. The summed E-state index contributed by atoms with van der Waals surface area (Å²) in [7, 11) is 0. The highest BCUT2D eigenvalue weighted by molar-refractivity contribution is 6.08. The smallest absolute Gasteiger partial charge is 0.0946 e. The molecule has 0 saturated heterocycles. The maximum absolute atomic E-state index is 5.62. The van der Waals surface area contributed by atoms with Crippen LogP contribution in [0.2, 0.25) is 0 Å². The molecule has 2 nitrogen and oxygen atoms in total. The van der Waals surface area contributed by atoms with Crippen LogP contribution in [-0.2, 0) is 10.8 Å². The number of fused-ring (bicyclic) bond motifs is 10. The normalized spacial score (nSPS) is 27.9. The van der Waals surface area contributed by atoms with Crippen LogP contribution in [0.5, 0.6) is 0 Å². The van der Waals surface area contributed by atoms with Crippen LogP contribution in [0, 0.1) is 17.8 Å². The van der Waals surface area contributed by atoms with Crippen LogP contribution >= 0.6 is 0 Å². The van der Waals surface area contributed by atoms with E-state index in [1.54, 1.807) is 11.1 Å². The highest BCUT2D eigenvalue weighted by Gasteiger charge is 2.60. The molecular weight excluding hydrogens is 929 g/mol. The first kappa shape index (κ1) is 48.8. The fraction of sp³-hybridized carbons (Fsp3) is 0.240. The van der Waals surface area contributed by atoms with Crippen LogP contribution in [0.3, 0.4) is 0 Å². The van der Waals surface area contributed by atoms with Gasteiger partial charge in [0.05, 0.1) is 34.0 Å². The Kier molecular flexibility index (Phi) is 12.5. The number of hydrogen-bond acceptors (Lipinski definition) is 2. The third-order valence-electron chi connectivity index (χ3n) is 18.8. The SMILES string of the molecule is C=CCC1C2=C(CCC=C2)C2(C(/C=C\C(=C)C3=C4C=CC=CC4C(C4C=CC5=C(C4)N=C(/C(C=C)=C/CCC)C(c4ccccc4)N5)c4ccccc43)=C(C)C3(C4=C(C=CCC4)c4ccccc43)c3ccccc32)/C1=C/C. The van der Waals surface area contributed by atoms with E-state index in [0.717, 1.165) is 79.6 Å². The highest BCUT2D eigenvalue weighted by Crippen LogP contribution is 2.69. The minimum atomic E-state index is -0.450. The average molecular weight is 999 g/mol. The van der Waals surface area contributed by atoms with Gasteiger partial charge >= 0.3 is 0 Å². The van der Waals surface area contributed by atoms with E-state index in [1.165, 1.54) is 78.0 Å². The summed E-state index contributed by atoms with van der Waals surface area (Å²) in [5, 5.41) is 3.96. The van der Waals surface area contributed by atoms with Crippen LogP contribution in [0.1, 0.15) is 123 Å². The van der Waals surface area contributed by atoms with Crippen LogP contribution in [0.15, 0.2) is 287 Å². The Balaban J connectivity index is 0.950. The Labute approximate surface area is 458 Å². The number of unbranched alkanes of at least 4 members (excludes halogenated alkanes) is 1. The average Bonchev–Trinajstić information content (AvgIpc) is 3.50. The number of benzene rings is 4. The first-order valence-electron chi connectivity index (χ1n) is 28.6. The van der Waals surface area contributed by atoms with E-state index >= 15 is 0 Å². The van der Waals surface area contributed by atoms with Gasteiger partial charge in [-0.05, 0) is 171 Å². The second-order valence-electron chi connectivity index (χ2n) is 22.5. The van der Waals surface area contributed by atoms with E-state index in [4.69, 9.17) is 11.6 Å². The quantitative estimate of drug-likeness (QED) is 0.118. The molecule has 77 heavy (non-hydrogen) atoms. The summed E-state index contributed by atoms with van der Waals surface area (Å²) in [5.41, 5.74) is 27.0. The van der Waals surface area contributed by atoms with Crippen molar-refractivity contribution in [3.8, 4) is 0 Å². The van der Waals surface area contributed by atoms with Crippen molar-refractivity contribution < 1.29 is 0 Å². The zero-order valence-electron chi connectivity index (χ0n) is 45.2. The van der Waals surface area contributed by atoms with Crippen molar-refractivity contribution in [2.45, 2.75) is 94.9 Å². The maximum Gasteiger partial charge on any atom is 0.0946 e. The summed E-state index contributed by atoms with van der Waals surface area (Å²) in [4.78, 5) is 5.62. The van der Waals surface area contributed by atoms with Crippen molar-refractivity contribution in [1.29, 1.82) is 0 Å². The van der Waals surface area contributed by atoms with Crippen molar-refractivity contribution in [3.05, 3.63) is 321 Å². The molecule has 0 bridgehead atoms. The minimum absolute atomic E-state index is 0.0587. The lowest BCUT2D eigenvalue weighted by Gasteiger charge is -2.51. The van der Waals surface area contributed by atoms with E-state index in [1.807, 2.05) is 6.08 Å². The molecule has 0 amide bonds. The highest BCUT2D eigenvalue weighted by atomic mass is 15.0. The standard InChI is InChI=1S/C75H70N2/c1-7-11-28-50(9-3)72-73(51-29-13-12-14-30-51)76-68-46-44-52(47-69(68)77-72)71-59-36-17-15-34-57(59)70(58-35-16-18-37-60(58)71)48(5)43-45-62-49(6)74(63-38-22-19-32-55(63)56-33-20-23-39-64(56)74)66-41-25-26-42-67(66)75(62)61(10-4)53(27-8-2)54-31-21-24-40-65(54)75/h8-10,12-22,25-26,28-38,41-46,52-53,59,71,73,76H,2-3,5,7,11,23-24,27,39-40,47H2,1,4,6H3/b45-43-,50-28+,61-10+. The van der Waals surface area contributed by atoms with Crippen molar-refractivity contribution in [3.63, 3.8) is 0 Å². The molecule has 1 aliphatic heterocycles. The summed E-state index contributed by atoms with van der Waals surface area (Å²) < 4.78 is 0. The summed E-state index contributed by atoms with van der Waals surface area (Å²) >= 11 is 0. The van der Waals surface area contributed by atoms with E-state index in [-0.39, 0.29) is 29.7 Å². The van der Waals surface area contributed by atoms with Crippen molar-refractivity contribution >= 4 is 16.9 Å². The fourth-order valence-corrected chi connectivity index (χ4v) is 15.9. The van der Waals surface area contributed by atoms with E-state index in [9.17, 15) is 0 Å². The van der Waals surface area contributed by atoms with Gasteiger partial charge in [-0.3, -0.25) is 4.99 Å². The molecule has 4 aromatic carbocycles. The molecule has 0 radical (unpaired) electrons. The van der Waals surface area contributed by atoms with Crippen LogP contribution in [-0.4, -0.2) is 5.71 Å². The van der Waals surface area contributed by atoms with Crippen molar-refractivity contribution in [1.82, 2.24) is 5.32 Å². The van der Waals surface area contributed by atoms with Gasteiger partial charge in [0.25, 0.3) is 0 Å². The molecule has 1 N–H and O–H groups in total. The monoisotopic (exact) mass is 999 g/mol. The third-order valence-corrected chi connectivity index (χ3v) is 18.8. The molecule has 1 heterocycles. The third kappa shape index (κ3) is 7.24.